The Labute approximate surface area is 145 Å². The maximum Gasteiger partial charge on any atom is 0.224 e. The highest BCUT2D eigenvalue weighted by Gasteiger charge is 2.07. The van der Waals surface area contributed by atoms with Gasteiger partial charge in [-0.05, 0) is 48.4 Å². The largest absolute Gasteiger partial charge is 0.350 e. The van der Waals surface area contributed by atoms with E-state index in [2.05, 4.69) is 15.3 Å². The summed E-state index contributed by atoms with van der Waals surface area (Å²) in [6.07, 6.45) is 1.78. The summed E-state index contributed by atoms with van der Waals surface area (Å²) < 4.78 is 13.0. The zero-order valence-electron chi connectivity index (χ0n) is 13.9. The van der Waals surface area contributed by atoms with Crippen LogP contribution < -0.4 is 5.32 Å². The van der Waals surface area contributed by atoms with E-state index in [1.165, 1.54) is 18.5 Å². The monoisotopic (exact) mass is 335 g/mol. The van der Waals surface area contributed by atoms with Crippen molar-refractivity contribution in [1.29, 1.82) is 0 Å². The molecule has 0 unspecified atom stereocenters. The van der Waals surface area contributed by atoms with Crippen LogP contribution in [0.4, 0.5) is 4.39 Å². The van der Waals surface area contributed by atoms with Gasteiger partial charge in [0.1, 0.15) is 12.1 Å². The number of carbonyl (C=O) groups is 1. The predicted octanol–water partition coefficient (Wildman–Crippen LogP) is 3.45. The molecule has 1 N–H and O–H groups in total. The molecule has 0 atom stereocenters. The van der Waals surface area contributed by atoms with Crippen LogP contribution in [0, 0.1) is 12.7 Å². The van der Waals surface area contributed by atoms with Gasteiger partial charge in [-0.15, -0.1) is 0 Å². The minimum Gasteiger partial charge on any atom is -0.350 e. The average Bonchev–Trinajstić information content (AvgIpc) is 2.63. The maximum atomic E-state index is 13.0. The van der Waals surface area contributed by atoms with Gasteiger partial charge >= 0.3 is 0 Å². The number of carbonyl (C=O) groups excluding carboxylic acids is 1. The van der Waals surface area contributed by atoms with E-state index in [9.17, 15) is 9.18 Å². The van der Waals surface area contributed by atoms with Crippen molar-refractivity contribution in [3.8, 4) is 11.3 Å². The third-order valence-corrected chi connectivity index (χ3v) is 3.94. The van der Waals surface area contributed by atoms with Gasteiger partial charge in [-0.1, -0.05) is 24.3 Å². The van der Waals surface area contributed by atoms with Crippen LogP contribution in [0.25, 0.3) is 11.3 Å². The molecule has 0 fully saturated rings. The quantitative estimate of drug-likeness (QED) is 0.777. The van der Waals surface area contributed by atoms with Gasteiger partial charge in [0.15, 0.2) is 0 Å². The fourth-order valence-corrected chi connectivity index (χ4v) is 2.51. The molecule has 1 amide bonds. The second-order valence-electron chi connectivity index (χ2n) is 5.78. The van der Waals surface area contributed by atoms with Crippen molar-refractivity contribution >= 4 is 5.91 Å². The number of halogens is 1. The van der Waals surface area contributed by atoms with Crippen molar-refractivity contribution in [1.82, 2.24) is 15.3 Å². The van der Waals surface area contributed by atoms with Gasteiger partial charge in [0.2, 0.25) is 5.91 Å². The normalized spacial score (nSPS) is 10.5. The van der Waals surface area contributed by atoms with E-state index in [1.807, 2.05) is 31.2 Å². The second-order valence-corrected chi connectivity index (χ2v) is 5.78. The summed E-state index contributed by atoms with van der Waals surface area (Å²) >= 11 is 0. The number of amides is 1. The summed E-state index contributed by atoms with van der Waals surface area (Å²) in [7, 11) is 0. The van der Waals surface area contributed by atoms with Gasteiger partial charge in [-0.2, -0.15) is 0 Å². The number of aryl methyl sites for hydroxylation is 1. The molecule has 0 spiro atoms. The van der Waals surface area contributed by atoms with Gasteiger partial charge < -0.3 is 5.32 Å². The maximum absolute atomic E-state index is 13.0. The number of rotatable bonds is 5. The van der Waals surface area contributed by atoms with Crippen LogP contribution in [0.2, 0.25) is 0 Å². The summed E-state index contributed by atoms with van der Waals surface area (Å²) in [6.45, 7) is 2.31. The molecule has 5 heteroatoms. The van der Waals surface area contributed by atoms with E-state index in [-0.39, 0.29) is 11.7 Å². The van der Waals surface area contributed by atoms with Crippen LogP contribution in [-0.2, 0) is 17.8 Å². The smallest absolute Gasteiger partial charge is 0.224 e. The molecular weight excluding hydrogens is 317 g/mol. The molecule has 0 aliphatic rings. The average molecular weight is 335 g/mol. The molecule has 0 bridgehead atoms. The first-order valence-corrected chi connectivity index (χ1v) is 8.00. The fourth-order valence-electron chi connectivity index (χ4n) is 2.51. The van der Waals surface area contributed by atoms with Crippen molar-refractivity contribution in [3.05, 3.63) is 83.6 Å². The molecule has 2 aromatic carbocycles. The Morgan fingerprint density at radius 2 is 1.84 bits per heavy atom. The summed E-state index contributed by atoms with van der Waals surface area (Å²) in [5, 5.41) is 2.87. The molecule has 126 valence electrons. The molecule has 0 radical (unpaired) electrons. The van der Waals surface area contributed by atoms with E-state index >= 15 is 0 Å². The Morgan fingerprint density at radius 1 is 1.08 bits per heavy atom. The summed E-state index contributed by atoms with van der Waals surface area (Å²) in [5.41, 5.74) is 4.30. The summed E-state index contributed by atoms with van der Waals surface area (Å²) in [5.74, 6) is -0.349. The first kappa shape index (κ1) is 16.8. The van der Waals surface area contributed by atoms with Crippen molar-refractivity contribution in [2.24, 2.45) is 0 Å². The van der Waals surface area contributed by atoms with Crippen LogP contribution in [0.5, 0.6) is 0 Å². The summed E-state index contributed by atoms with van der Waals surface area (Å²) in [6, 6.07) is 15.7. The van der Waals surface area contributed by atoms with Crippen molar-refractivity contribution in [2.45, 2.75) is 19.9 Å². The van der Waals surface area contributed by atoms with Gasteiger partial charge in [-0.3, -0.25) is 4.79 Å². The van der Waals surface area contributed by atoms with Crippen molar-refractivity contribution in [3.63, 3.8) is 0 Å². The molecule has 1 heterocycles. The van der Waals surface area contributed by atoms with Gasteiger partial charge in [0.25, 0.3) is 0 Å². The van der Waals surface area contributed by atoms with Crippen LogP contribution in [0.3, 0.4) is 0 Å². The summed E-state index contributed by atoms with van der Waals surface area (Å²) in [4.78, 5) is 20.5. The van der Waals surface area contributed by atoms with E-state index < -0.39 is 0 Å². The van der Waals surface area contributed by atoms with Crippen molar-refractivity contribution < 1.29 is 9.18 Å². The highest BCUT2D eigenvalue weighted by atomic mass is 19.1. The number of nitrogens with zero attached hydrogens (tertiary/aromatic N) is 2. The number of nitrogens with one attached hydrogen (secondary N) is 1. The minimum absolute atomic E-state index is 0.0590. The SMILES string of the molecule is Cc1ccccc1CC(=O)NCc1cc(-c2ccc(F)cc2)ncn1. The number of hydrogen-bond acceptors (Lipinski definition) is 3. The zero-order valence-corrected chi connectivity index (χ0v) is 13.9. The molecule has 3 rings (SSSR count). The Bertz CT molecular complexity index is 878. The topological polar surface area (TPSA) is 54.9 Å². The highest BCUT2D eigenvalue weighted by molar-refractivity contribution is 5.78. The van der Waals surface area contributed by atoms with E-state index in [4.69, 9.17) is 0 Å². The second kappa shape index (κ2) is 7.66. The van der Waals surface area contributed by atoms with Crippen LogP contribution in [-0.4, -0.2) is 15.9 Å². The third kappa shape index (κ3) is 4.47. The number of hydrogen-bond donors (Lipinski definition) is 1. The first-order chi connectivity index (χ1) is 12.1. The Hall–Kier alpha value is -3.08. The molecule has 3 aromatic rings. The fraction of sp³-hybridized carbons (Fsp3) is 0.150. The molecule has 4 nitrogen and oxygen atoms in total. The molecular formula is C20H18FN3O. The highest BCUT2D eigenvalue weighted by Crippen LogP contribution is 2.17. The molecule has 0 aliphatic carbocycles. The Morgan fingerprint density at radius 3 is 2.60 bits per heavy atom. The van der Waals surface area contributed by atoms with Crippen LogP contribution in [0.1, 0.15) is 16.8 Å². The van der Waals surface area contributed by atoms with Gasteiger partial charge in [0, 0.05) is 5.56 Å². The number of aromatic nitrogens is 2. The van der Waals surface area contributed by atoms with Crippen molar-refractivity contribution in [2.75, 3.05) is 0 Å². The molecule has 25 heavy (non-hydrogen) atoms. The van der Waals surface area contributed by atoms with E-state index in [1.54, 1.807) is 18.2 Å². The molecule has 1 aromatic heterocycles. The van der Waals surface area contributed by atoms with Crippen LogP contribution in [0.15, 0.2) is 60.9 Å². The lowest BCUT2D eigenvalue weighted by Gasteiger charge is -2.08. The predicted molar refractivity (Wildman–Crippen MR) is 94.2 cm³/mol. The lowest BCUT2D eigenvalue weighted by Crippen LogP contribution is -2.25. The lowest BCUT2D eigenvalue weighted by atomic mass is 10.1. The third-order valence-electron chi connectivity index (χ3n) is 3.94. The minimum atomic E-state index is -0.290. The Balaban J connectivity index is 1.63. The van der Waals surface area contributed by atoms with Gasteiger partial charge in [-0.25, -0.2) is 14.4 Å². The van der Waals surface area contributed by atoms with E-state index in [0.29, 0.717) is 24.4 Å². The van der Waals surface area contributed by atoms with Gasteiger partial charge in [0.05, 0.1) is 24.4 Å². The Kier molecular flexibility index (Phi) is 5.14. The molecule has 0 saturated carbocycles. The number of benzene rings is 2. The zero-order chi connectivity index (χ0) is 17.6. The first-order valence-electron chi connectivity index (χ1n) is 8.00. The molecule has 0 saturated heterocycles. The van der Waals surface area contributed by atoms with E-state index in [0.717, 1.165) is 16.7 Å². The molecule has 0 aliphatic heterocycles. The lowest BCUT2D eigenvalue weighted by molar-refractivity contribution is -0.120. The standard InChI is InChI=1S/C20H18FN3O/c1-14-4-2-3-5-16(14)10-20(25)22-12-18-11-19(24-13-23-18)15-6-8-17(21)9-7-15/h2-9,11,13H,10,12H2,1H3,(H,22,25). The van der Waals surface area contributed by atoms with Crippen LogP contribution >= 0.6 is 0 Å².